The first-order valence-electron chi connectivity index (χ1n) is 7.36. The van der Waals surface area contributed by atoms with E-state index >= 15 is 0 Å². The molecule has 0 amide bonds. The van der Waals surface area contributed by atoms with E-state index in [-0.39, 0.29) is 11.9 Å². The van der Waals surface area contributed by atoms with Crippen molar-refractivity contribution in [2.45, 2.75) is 26.3 Å². The highest BCUT2D eigenvalue weighted by atomic mass is 19.1. The van der Waals surface area contributed by atoms with E-state index in [1.807, 2.05) is 26.1 Å². The molecule has 0 spiro atoms. The Labute approximate surface area is 122 Å². The summed E-state index contributed by atoms with van der Waals surface area (Å²) >= 11 is 0. The first-order chi connectivity index (χ1) is 9.49. The number of rotatable bonds is 8. The molecule has 0 saturated heterocycles. The fourth-order valence-electron chi connectivity index (χ4n) is 2.24. The van der Waals surface area contributed by atoms with Gasteiger partial charge in [0.25, 0.3) is 0 Å². The molecule has 1 atom stereocenters. The highest BCUT2D eigenvalue weighted by Gasteiger charge is 2.12. The zero-order valence-corrected chi connectivity index (χ0v) is 13.4. The van der Waals surface area contributed by atoms with Gasteiger partial charge in [-0.2, -0.15) is 0 Å². The second-order valence-corrected chi connectivity index (χ2v) is 5.46. The molecule has 0 aliphatic carbocycles. The van der Waals surface area contributed by atoms with Gasteiger partial charge in [0.2, 0.25) is 0 Å². The van der Waals surface area contributed by atoms with Crippen LogP contribution in [-0.4, -0.2) is 45.7 Å². The van der Waals surface area contributed by atoms with Crippen molar-refractivity contribution in [2.75, 3.05) is 45.7 Å². The third-order valence-corrected chi connectivity index (χ3v) is 3.66. The SMILES string of the molecule is CCN(CCCN(C)C)c1ccc(C(C)NC)cc1F. The van der Waals surface area contributed by atoms with E-state index in [0.717, 1.165) is 31.6 Å². The van der Waals surface area contributed by atoms with Crippen LogP contribution in [0.25, 0.3) is 0 Å². The van der Waals surface area contributed by atoms with Crippen molar-refractivity contribution < 1.29 is 4.39 Å². The largest absolute Gasteiger partial charge is 0.369 e. The topological polar surface area (TPSA) is 18.5 Å². The molecule has 4 heteroatoms. The minimum atomic E-state index is -0.128. The van der Waals surface area contributed by atoms with Crippen molar-refractivity contribution in [2.24, 2.45) is 0 Å². The maximum atomic E-state index is 14.3. The third kappa shape index (κ3) is 4.76. The molecule has 1 rings (SSSR count). The van der Waals surface area contributed by atoms with Gasteiger partial charge in [0.1, 0.15) is 5.82 Å². The fourth-order valence-corrected chi connectivity index (χ4v) is 2.24. The first kappa shape index (κ1) is 16.9. The average Bonchev–Trinajstić information content (AvgIpc) is 2.43. The van der Waals surface area contributed by atoms with Crippen LogP contribution in [0.2, 0.25) is 0 Å². The van der Waals surface area contributed by atoms with E-state index in [4.69, 9.17) is 0 Å². The van der Waals surface area contributed by atoms with Crippen LogP contribution in [0.1, 0.15) is 31.9 Å². The number of nitrogens with one attached hydrogen (secondary N) is 1. The zero-order chi connectivity index (χ0) is 15.1. The number of nitrogens with zero attached hydrogens (tertiary/aromatic N) is 2. The molecule has 0 radical (unpaired) electrons. The Morgan fingerprint density at radius 2 is 1.95 bits per heavy atom. The number of benzene rings is 1. The van der Waals surface area contributed by atoms with E-state index in [1.165, 1.54) is 0 Å². The number of hydrogen-bond acceptors (Lipinski definition) is 3. The Bertz CT molecular complexity index is 407. The van der Waals surface area contributed by atoms with Crippen LogP contribution in [-0.2, 0) is 0 Å². The Hall–Kier alpha value is -1.13. The maximum absolute atomic E-state index is 14.3. The van der Waals surface area contributed by atoms with Gasteiger partial charge in [-0.05, 0) is 65.7 Å². The monoisotopic (exact) mass is 281 g/mol. The van der Waals surface area contributed by atoms with Crippen LogP contribution >= 0.6 is 0 Å². The molecular weight excluding hydrogens is 253 g/mol. The Kier molecular flexibility index (Phi) is 6.96. The Morgan fingerprint density at radius 3 is 2.45 bits per heavy atom. The first-order valence-corrected chi connectivity index (χ1v) is 7.36. The summed E-state index contributed by atoms with van der Waals surface area (Å²) in [7, 11) is 6.01. The van der Waals surface area contributed by atoms with Gasteiger partial charge in [-0.25, -0.2) is 4.39 Å². The van der Waals surface area contributed by atoms with Crippen LogP contribution in [0.5, 0.6) is 0 Å². The summed E-state index contributed by atoms with van der Waals surface area (Å²) in [5.74, 6) is -0.128. The quantitative estimate of drug-likeness (QED) is 0.790. The fraction of sp³-hybridized carbons (Fsp3) is 0.625. The predicted octanol–water partition coefficient (Wildman–Crippen LogP) is 2.88. The van der Waals surface area contributed by atoms with Gasteiger partial charge in [0.05, 0.1) is 5.69 Å². The Morgan fingerprint density at radius 1 is 1.25 bits per heavy atom. The summed E-state index contributed by atoms with van der Waals surface area (Å²) in [6.45, 7) is 6.83. The van der Waals surface area contributed by atoms with Crippen LogP contribution < -0.4 is 10.2 Å². The van der Waals surface area contributed by atoms with Crippen molar-refractivity contribution in [3.63, 3.8) is 0 Å². The van der Waals surface area contributed by atoms with Crippen molar-refractivity contribution in [3.05, 3.63) is 29.6 Å². The molecule has 0 saturated carbocycles. The van der Waals surface area contributed by atoms with Gasteiger partial charge in [-0.1, -0.05) is 6.07 Å². The molecular formula is C16H28FN3. The lowest BCUT2D eigenvalue weighted by atomic mass is 10.1. The summed E-state index contributed by atoms with van der Waals surface area (Å²) in [6, 6.07) is 5.72. The molecule has 0 aromatic heterocycles. The van der Waals surface area contributed by atoms with Gasteiger partial charge in [-0.3, -0.25) is 0 Å². The molecule has 0 aliphatic heterocycles. The second-order valence-electron chi connectivity index (χ2n) is 5.46. The summed E-state index contributed by atoms with van der Waals surface area (Å²) < 4.78 is 14.3. The van der Waals surface area contributed by atoms with Crippen LogP contribution in [0.3, 0.4) is 0 Å². The molecule has 0 fully saturated rings. The molecule has 1 N–H and O–H groups in total. The molecule has 20 heavy (non-hydrogen) atoms. The lowest BCUT2D eigenvalue weighted by Gasteiger charge is -2.25. The van der Waals surface area contributed by atoms with E-state index in [2.05, 4.69) is 36.1 Å². The third-order valence-electron chi connectivity index (χ3n) is 3.66. The summed E-state index contributed by atoms with van der Waals surface area (Å²) in [5.41, 5.74) is 1.69. The molecule has 114 valence electrons. The van der Waals surface area contributed by atoms with E-state index < -0.39 is 0 Å². The highest BCUT2D eigenvalue weighted by molar-refractivity contribution is 5.49. The minimum Gasteiger partial charge on any atom is -0.369 e. The normalized spacial score (nSPS) is 12.8. The molecule has 0 heterocycles. The molecule has 1 aromatic carbocycles. The summed E-state index contributed by atoms with van der Waals surface area (Å²) in [6.07, 6.45) is 1.04. The molecule has 3 nitrogen and oxygen atoms in total. The van der Waals surface area contributed by atoms with Crippen molar-refractivity contribution in [1.82, 2.24) is 10.2 Å². The van der Waals surface area contributed by atoms with Crippen LogP contribution in [0.15, 0.2) is 18.2 Å². The standard InChI is InChI=1S/C16H28FN3/c1-6-20(11-7-10-19(4)5)16-9-8-14(12-15(16)17)13(2)18-3/h8-9,12-13,18H,6-7,10-11H2,1-5H3. The smallest absolute Gasteiger partial charge is 0.146 e. The molecule has 1 unspecified atom stereocenters. The number of hydrogen-bond donors (Lipinski definition) is 1. The van der Waals surface area contributed by atoms with Crippen LogP contribution in [0.4, 0.5) is 10.1 Å². The Balaban J connectivity index is 2.77. The van der Waals surface area contributed by atoms with E-state index in [0.29, 0.717) is 5.69 Å². The lowest BCUT2D eigenvalue weighted by Crippen LogP contribution is -2.28. The lowest BCUT2D eigenvalue weighted by molar-refractivity contribution is 0.400. The highest BCUT2D eigenvalue weighted by Crippen LogP contribution is 2.23. The van der Waals surface area contributed by atoms with E-state index in [1.54, 1.807) is 6.07 Å². The molecule has 0 aliphatic rings. The van der Waals surface area contributed by atoms with Gasteiger partial charge < -0.3 is 15.1 Å². The summed E-state index contributed by atoms with van der Waals surface area (Å²) in [5, 5.41) is 3.13. The van der Waals surface area contributed by atoms with Gasteiger partial charge in [-0.15, -0.1) is 0 Å². The summed E-state index contributed by atoms with van der Waals surface area (Å²) in [4.78, 5) is 4.26. The minimum absolute atomic E-state index is 0.128. The van der Waals surface area contributed by atoms with Crippen molar-refractivity contribution in [1.29, 1.82) is 0 Å². The van der Waals surface area contributed by atoms with E-state index in [9.17, 15) is 4.39 Å². The second kappa shape index (κ2) is 8.22. The number of halogens is 1. The van der Waals surface area contributed by atoms with Gasteiger partial charge in [0, 0.05) is 19.1 Å². The zero-order valence-electron chi connectivity index (χ0n) is 13.4. The van der Waals surface area contributed by atoms with Crippen LogP contribution in [0, 0.1) is 5.82 Å². The number of anilines is 1. The molecule has 0 bridgehead atoms. The average molecular weight is 281 g/mol. The van der Waals surface area contributed by atoms with Crippen molar-refractivity contribution >= 4 is 5.69 Å². The molecule has 1 aromatic rings. The van der Waals surface area contributed by atoms with Gasteiger partial charge >= 0.3 is 0 Å². The maximum Gasteiger partial charge on any atom is 0.146 e. The van der Waals surface area contributed by atoms with Crippen molar-refractivity contribution in [3.8, 4) is 0 Å². The van der Waals surface area contributed by atoms with Gasteiger partial charge in [0.15, 0.2) is 0 Å². The predicted molar refractivity (Wildman–Crippen MR) is 84.9 cm³/mol.